The summed E-state index contributed by atoms with van der Waals surface area (Å²) in [6.45, 7) is 2.90. The van der Waals surface area contributed by atoms with Crippen molar-refractivity contribution >= 4 is 34.2 Å². The van der Waals surface area contributed by atoms with Crippen LogP contribution in [0, 0.1) is 5.92 Å². The van der Waals surface area contributed by atoms with Crippen LogP contribution in [0.15, 0.2) is 45.3 Å². The topological polar surface area (TPSA) is 63.5 Å². The molecule has 124 valence electrons. The van der Waals surface area contributed by atoms with E-state index in [0.29, 0.717) is 30.6 Å². The molecular formula is C16H18BrClN2O3. The molecule has 1 fully saturated rings. The molecule has 1 saturated heterocycles. The Morgan fingerprint density at radius 2 is 2.00 bits per heavy atom. The molecule has 0 saturated carbocycles. The maximum absolute atomic E-state index is 11.9. The van der Waals surface area contributed by atoms with Gasteiger partial charge in [0.1, 0.15) is 18.1 Å². The Hall–Kier alpha value is -1.50. The monoisotopic (exact) mass is 400 g/mol. The van der Waals surface area contributed by atoms with E-state index in [-0.39, 0.29) is 18.3 Å². The molecule has 2 N–H and O–H groups in total. The van der Waals surface area contributed by atoms with Crippen LogP contribution in [0.1, 0.15) is 16.3 Å². The molecule has 3 rings (SSSR count). The SMILES string of the molecule is Cl.O=C(NCC1CNC1)c1ccc(COc2ccc(Br)cc2)o1. The predicted molar refractivity (Wildman–Crippen MR) is 93.1 cm³/mol. The Kier molecular flexibility index (Phi) is 6.50. The number of nitrogens with one attached hydrogen (secondary N) is 2. The first-order valence-electron chi connectivity index (χ1n) is 7.17. The summed E-state index contributed by atoms with van der Waals surface area (Å²) in [5.74, 6) is 2.05. The van der Waals surface area contributed by atoms with Crippen molar-refractivity contribution in [1.29, 1.82) is 0 Å². The molecule has 0 spiro atoms. The second-order valence-electron chi connectivity index (χ2n) is 5.24. The Labute approximate surface area is 149 Å². The van der Waals surface area contributed by atoms with E-state index in [0.717, 1.165) is 23.3 Å². The molecule has 1 aliphatic heterocycles. The number of hydrogen-bond donors (Lipinski definition) is 2. The molecule has 0 bridgehead atoms. The number of carbonyl (C=O) groups excluding carboxylic acids is 1. The Bertz CT molecular complexity index is 641. The van der Waals surface area contributed by atoms with Gasteiger partial charge in [0.25, 0.3) is 5.91 Å². The second kappa shape index (κ2) is 8.38. The van der Waals surface area contributed by atoms with E-state index < -0.39 is 0 Å². The number of hydrogen-bond acceptors (Lipinski definition) is 4. The molecule has 23 heavy (non-hydrogen) atoms. The van der Waals surface area contributed by atoms with Crippen molar-refractivity contribution in [2.45, 2.75) is 6.61 Å². The predicted octanol–water partition coefficient (Wildman–Crippen LogP) is 2.99. The molecule has 1 aromatic carbocycles. The summed E-state index contributed by atoms with van der Waals surface area (Å²) in [6.07, 6.45) is 0. The fraction of sp³-hybridized carbons (Fsp3) is 0.312. The molecule has 2 heterocycles. The minimum Gasteiger partial charge on any atom is -0.486 e. The first-order chi connectivity index (χ1) is 10.7. The highest BCUT2D eigenvalue weighted by molar-refractivity contribution is 9.10. The van der Waals surface area contributed by atoms with Crippen molar-refractivity contribution in [1.82, 2.24) is 10.6 Å². The quantitative estimate of drug-likeness (QED) is 0.781. The standard InChI is InChI=1S/C16H17BrN2O3.ClH/c17-12-1-3-13(4-2-12)21-10-14-5-6-15(22-14)16(20)19-9-11-7-18-8-11;/h1-6,11,18H,7-10H2,(H,19,20);1H. The minimum absolute atomic E-state index is 0. The van der Waals surface area contributed by atoms with Gasteiger partial charge in [0.15, 0.2) is 5.76 Å². The molecule has 1 aliphatic rings. The fourth-order valence-electron chi connectivity index (χ4n) is 2.08. The third kappa shape index (κ3) is 4.99. The summed E-state index contributed by atoms with van der Waals surface area (Å²) in [6, 6.07) is 11.0. The van der Waals surface area contributed by atoms with E-state index >= 15 is 0 Å². The molecule has 0 aliphatic carbocycles. The molecule has 0 radical (unpaired) electrons. The zero-order valence-electron chi connectivity index (χ0n) is 12.4. The van der Waals surface area contributed by atoms with Crippen molar-refractivity contribution in [2.75, 3.05) is 19.6 Å². The fourth-order valence-corrected chi connectivity index (χ4v) is 2.34. The van der Waals surface area contributed by atoms with Crippen molar-refractivity contribution in [2.24, 2.45) is 5.92 Å². The third-order valence-corrected chi connectivity index (χ3v) is 4.03. The van der Waals surface area contributed by atoms with Crippen LogP contribution in [0.5, 0.6) is 5.75 Å². The van der Waals surface area contributed by atoms with E-state index in [1.54, 1.807) is 12.1 Å². The Balaban J connectivity index is 0.00000192. The smallest absolute Gasteiger partial charge is 0.287 e. The molecule has 0 atom stereocenters. The van der Waals surface area contributed by atoms with Gasteiger partial charge in [-0.2, -0.15) is 0 Å². The number of furan rings is 1. The summed E-state index contributed by atoms with van der Waals surface area (Å²) in [5.41, 5.74) is 0. The maximum Gasteiger partial charge on any atom is 0.287 e. The largest absolute Gasteiger partial charge is 0.486 e. The lowest BCUT2D eigenvalue weighted by Gasteiger charge is -2.26. The molecule has 0 unspecified atom stereocenters. The van der Waals surface area contributed by atoms with E-state index in [1.807, 2.05) is 24.3 Å². The van der Waals surface area contributed by atoms with Crippen LogP contribution in [-0.4, -0.2) is 25.5 Å². The Morgan fingerprint density at radius 3 is 2.65 bits per heavy atom. The van der Waals surface area contributed by atoms with Gasteiger partial charge in [0.2, 0.25) is 0 Å². The molecule has 1 aromatic heterocycles. The van der Waals surface area contributed by atoms with E-state index in [4.69, 9.17) is 9.15 Å². The van der Waals surface area contributed by atoms with Gasteiger partial charge in [0.05, 0.1) is 0 Å². The van der Waals surface area contributed by atoms with Crippen LogP contribution in [0.25, 0.3) is 0 Å². The average Bonchev–Trinajstić information content (AvgIpc) is 2.94. The number of ether oxygens (including phenoxy) is 1. The van der Waals surface area contributed by atoms with Gasteiger partial charge in [-0.1, -0.05) is 15.9 Å². The van der Waals surface area contributed by atoms with Crippen molar-refractivity contribution in [3.05, 3.63) is 52.4 Å². The summed E-state index contributed by atoms with van der Waals surface area (Å²) in [7, 11) is 0. The molecule has 5 nitrogen and oxygen atoms in total. The van der Waals surface area contributed by atoms with Crippen molar-refractivity contribution < 1.29 is 13.9 Å². The second-order valence-corrected chi connectivity index (χ2v) is 6.16. The van der Waals surface area contributed by atoms with Gasteiger partial charge in [0, 0.05) is 30.0 Å². The van der Waals surface area contributed by atoms with Crippen LogP contribution >= 0.6 is 28.3 Å². The third-order valence-electron chi connectivity index (χ3n) is 3.50. The minimum atomic E-state index is -0.179. The summed E-state index contributed by atoms with van der Waals surface area (Å²) >= 11 is 3.37. The number of carbonyl (C=O) groups is 1. The first kappa shape index (κ1) is 17.8. The van der Waals surface area contributed by atoms with E-state index in [2.05, 4.69) is 26.6 Å². The molecule has 1 amide bonds. The van der Waals surface area contributed by atoms with Crippen LogP contribution in [0.2, 0.25) is 0 Å². The lowest BCUT2D eigenvalue weighted by molar-refractivity contribution is 0.0910. The van der Waals surface area contributed by atoms with E-state index in [1.165, 1.54) is 0 Å². The highest BCUT2D eigenvalue weighted by atomic mass is 79.9. The van der Waals surface area contributed by atoms with Crippen molar-refractivity contribution in [3.8, 4) is 5.75 Å². The number of amides is 1. The van der Waals surface area contributed by atoms with Gasteiger partial charge in [-0.25, -0.2) is 0 Å². The molecule has 2 aromatic rings. The van der Waals surface area contributed by atoms with Crippen LogP contribution in [0.4, 0.5) is 0 Å². The zero-order valence-corrected chi connectivity index (χ0v) is 14.8. The zero-order chi connectivity index (χ0) is 15.4. The molecular weight excluding hydrogens is 384 g/mol. The van der Waals surface area contributed by atoms with Gasteiger partial charge >= 0.3 is 0 Å². The van der Waals surface area contributed by atoms with Crippen LogP contribution in [0.3, 0.4) is 0 Å². The van der Waals surface area contributed by atoms with Gasteiger partial charge in [-0.3, -0.25) is 4.79 Å². The summed E-state index contributed by atoms with van der Waals surface area (Å²) in [5, 5.41) is 6.05. The highest BCUT2D eigenvalue weighted by Gasteiger charge is 2.18. The summed E-state index contributed by atoms with van der Waals surface area (Å²) in [4.78, 5) is 11.9. The lowest BCUT2D eigenvalue weighted by atomic mass is 10.0. The maximum atomic E-state index is 11.9. The van der Waals surface area contributed by atoms with Gasteiger partial charge in [-0.05, 0) is 36.4 Å². The van der Waals surface area contributed by atoms with Crippen LogP contribution in [-0.2, 0) is 6.61 Å². The first-order valence-corrected chi connectivity index (χ1v) is 7.96. The van der Waals surface area contributed by atoms with Gasteiger partial charge < -0.3 is 19.8 Å². The average molecular weight is 402 g/mol. The summed E-state index contributed by atoms with van der Waals surface area (Å²) < 4.78 is 12.1. The Morgan fingerprint density at radius 1 is 1.26 bits per heavy atom. The lowest BCUT2D eigenvalue weighted by Crippen LogP contribution is -2.48. The highest BCUT2D eigenvalue weighted by Crippen LogP contribution is 2.18. The number of halogens is 2. The van der Waals surface area contributed by atoms with Gasteiger partial charge in [-0.15, -0.1) is 12.4 Å². The normalized spacial score (nSPS) is 13.8. The number of rotatable bonds is 6. The van der Waals surface area contributed by atoms with Crippen LogP contribution < -0.4 is 15.4 Å². The van der Waals surface area contributed by atoms with E-state index in [9.17, 15) is 4.79 Å². The van der Waals surface area contributed by atoms with Crippen molar-refractivity contribution in [3.63, 3.8) is 0 Å². The molecule has 7 heteroatoms. The number of benzene rings is 1.